The van der Waals surface area contributed by atoms with Crippen molar-refractivity contribution >= 4 is 5.96 Å². The van der Waals surface area contributed by atoms with E-state index in [1.54, 1.807) is 7.05 Å². The molecule has 0 aliphatic carbocycles. The Bertz CT molecular complexity index is 365. The number of rotatable bonds is 7. The summed E-state index contributed by atoms with van der Waals surface area (Å²) in [4.78, 5) is 4.18. The second-order valence-electron chi connectivity index (χ2n) is 4.47. The van der Waals surface area contributed by atoms with Crippen LogP contribution in [0, 0.1) is 0 Å². The molecule has 106 valence electrons. The molecule has 1 rings (SSSR count). The van der Waals surface area contributed by atoms with Gasteiger partial charge >= 0.3 is 0 Å². The molecule has 0 bridgehead atoms. The number of unbranched alkanes of at least 4 members (excludes halogenated alkanes) is 1. The van der Waals surface area contributed by atoms with Crippen molar-refractivity contribution in [3.8, 4) is 5.75 Å². The average molecular weight is 263 g/mol. The van der Waals surface area contributed by atoms with E-state index >= 15 is 0 Å². The molecule has 4 nitrogen and oxygen atoms in total. The lowest BCUT2D eigenvalue weighted by atomic mass is 10.3. The molecule has 1 aromatic rings. The Hall–Kier alpha value is -1.71. The smallest absolute Gasteiger partial charge is 0.191 e. The van der Waals surface area contributed by atoms with Crippen molar-refractivity contribution in [3.63, 3.8) is 0 Å². The number of nitrogens with zero attached hydrogens (tertiary/aromatic N) is 1. The lowest BCUT2D eigenvalue weighted by Gasteiger charge is -2.17. The maximum Gasteiger partial charge on any atom is 0.191 e. The normalized spacial score (nSPS) is 12.9. The van der Waals surface area contributed by atoms with Gasteiger partial charge in [0.05, 0.1) is 6.54 Å². The molecule has 0 fully saturated rings. The first-order valence-corrected chi connectivity index (χ1v) is 6.92. The monoisotopic (exact) mass is 263 g/mol. The van der Waals surface area contributed by atoms with E-state index in [1.807, 2.05) is 37.3 Å². The molecule has 4 heteroatoms. The predicted octanol–water partition coefficient (Wildman–Crippen LogP) is 2.42. The van der Waals surface area contributed by atoms with Crippen molar-refractivity contribution in [3.05, 3.63) is 30.3 Å². The van der Waals surface area contributed by atoms with Crippen LogP contribution in [0.1, 0.15) is 26.7 Å². The van der Waals surface area contributed by atoms with Gasteiger partial charge in [0.25, 0.3) is 0 Å². The van der Waals surface area contributed by atoms with Crippen LogP contribution in [0.15, 0.2) is 35.3 Å². The molecular weight excluding hydrogens is 238 g/mol. The summed E-state index contributed by atoms with van der Waals surface area (Å²) in [6, 6.07) is 9.85. The van der Waals surface area contributed by atoms with E-state index in [2.05, 4.69) is 22.5 Å². The van der Waals surface area contributed by atoms with E-state index in [0.29, 0.717) is 0 Å². The molecule has 0 saturated heterocycles. The summed E-state index contributed by atoms with van der Waals surface area (Å²) in [7, 11) is 1.78. The number of nitrogens with one attached hydrogen (secondary N) is 2. The summed E-state index contributed by atoms with van der Waals surface area (Å²) in [6.45, 7) is 5.89. The minimum atomic E-state index is 0.0899. The molecule has 0 aromatic heterocycles. The van der Waals surface area contributed by atoms with Crippen LogP contribution in [-0.4, -0.2) is 32.2 Å². The van der Waals surface area contributed by atoms with Crippen molar-refractivity contribution in [2.24, 2.45) is 4.99 Å². The first kappa shape index (κ1) is 15.3. The summed E-state index contributed by atoms with van der Waals surface area (Å²) in [5.41, 5.74) is 0. The molecule has 1 aromatic carbocycles. The Balaban J connectivity index is 2.26. The van der Waals surface area contributed by atoms with E-state index < -0.39 is 0 Å². The van der Waals surface area contributed by atoms with Crippen LogP contribution in [0.4, 0.5) is 0 Å². The van der Waals surface area contributed by atoms with E-state index in [0.717, 1.165) is 31.2 Å². The standard InChI is InChI=1S/C15H25N3O/c1-4-5-11-17-15(16-3)18-12-13(2)19-14-9-7-6-8-10-14/h6-10,13H,4-5,11-12H2,1-3H3,(H2,16,17,18). The van der Waals surface area contributed by atoms with Gasteiger partial charge in [-0.05, 0) is 25.5 Å². The van der Waals surface area contributed by atoms with Gasteiger partial charge in [-0.3, -0.25) is 4.99 Å². The summed E-state index contributed by atoms with van der Waals surface area (Å²) < 4.78 is 5.79. The molecule has 0 amide bonds. The second kappa shape index (κ2) is 9.25. The highest BCUT2D eigenvalue weighted by Crippen LogP contribution is 2.10. The molecular formula is C15H25N3O. The highest BCUT2D eigenvalue weighted by Gasteiger charge is 2.04. The summed E-state index contributed by atoms with van der Waals surface area (Å²) in [5, 5.41) is 6.54. The first-order chi connectivity index (χ1) is 9.26. The summed E-state index contributed by atoms with van der Waals surface area (Å²) >= 11 is 0. The zero-order chi connectivity index (χ0) is 13.9. The van der Waals surface area contributed by atoms with Crippen LogP contribution >= 0.6 is 0 Å². The molecule has 1 unspecified atom stereocenters. The third-order valence-electron chi connectivity index (χ3n) is 2.68. The Morgan fingerprint density at radius 1 is 1.26 bits per heavy atom. The number of aliphatic imine (C=N–C) groups is 1. The van der Waals surface area contributed by atoms with E-state index in [9.17, 15) is 0 Å². The van der Waals surface area contributed by atoms with Gasteiger partial charge in [-0.2, -0.15) is 0 Å². The van der Waals surface area contributed by atoms with Crippen molar-refractivity contribution in [1.82, 2.24) is 10.6 Å². The Morgan fingerprint density at radius 2 is 2.00 bits per heavy atom. The molecule has 19 heavy (non-hydrogen) atoms. The Labute approximate surface area is 116 Å². The predicted molar refractivity (Wildman–Crippen MR) is 80.8 cm³/mol. The first-order valence-electron chi connectivity index (χ1n) is 6.92. The zero-order valence-electron chi connectivity index (χ0n) is 12.1. The van der Waals surface area contributed by atoms with Crippen molar-refractivity contribution in [2.45, 2.75) is 32.8 Å². The van der Waals surface area contributed by atoms with Gasteiger partial charge < -0.3 is 15.4 Å². The zero-order valence-corrected chi connectivity index (χ0v) is 12.1. The third kappa shape index (κ3) is 6.70. The van der Waals surface area contributed by atoms with E-state index in [1.165, 1.54) is 6.42 Å². The fourth-order valence-corrected chi connectivity index (χ4v) is 1.62. The molecule has 0 spiro atoms. The SMILES string of the molecule is CCCCNC(=NC)NCC(C)Oc1ccccc1. The fraction of sp³-hybridized carbons (Fsp3) is 0.533. The summed E-state index contributed by atoms with van der Waals surface area (Å²) in [5.74, 6) is 1.72. The lowest BCUT2D eigenvalue weighted by molar-refractivity contribution is 0.224. The number of ether oxygens (including phenoxy) is 1. The van der Waals surface area contributed by atoms with E-state index in [4.69, 9.17) is 4.74 Å². The van der Waals surface area contributed by atoms with Gasteiger partial charge in [-0.15, -0.1) is 0 Å². The lowest BCUT2D eigenvalue weighted by Crippen LogP contribution is -2.42. The molecule has 0 saturated carbocycles. The topological polar surface area (TPSA) is 45.7 Å². The highest BCUT2D eigenvalue weighted by molar-refractivity contribution is 5.79. The largest absolute Gasteiger partial charge is 0.489 e. The molecule has 0 heterocycles. The molecule has 0 radical (unpaired) electrons. The number of hydrogen-bond donors (Lipinski definition) is 2. The van der Waals surface area contributed by atoms with Crippen LogP contribution in [-0.2, 0) is 0 Å². The molecule has 0 aliphatic rings. The number of benzene rings is 1. The number of guanidine groups is 1. The Kier molecular flexibility index (Phi) is 7.47. The second-order valence-corrected chi connectivity index (χ2v) is 4.47. The third-order valence-corrected chi connectivity index (χ3v) is 2.68. The van der Waals surface area contributed by atoms with Crippen LogP contribution in [0.3, 0.4) is 0 Å². The quantitative estimate of drug-likeness (QED) is 0.451. The van der Waals surface area contributed by atoms with Gasteiger partial charge in [0, 0.05) is 13.6 Å². The maximum atomic E-state index is 5.79. The van der Waals surface area contributed by atoms with Gasteiger partial charge in [0.1, 0.15) is 11.9 Å². The van der Waals surface area contributed by atoms with Gasteiger partial charge in [0.15, 0.2) is 5.96 Å². The minimum absolute atomic E-state index is 0.0899. The van der Waals surface area contributed by atoms with Crippen LogP contribution in [0.2, 0.25) is 0 Å². The highest BCUT2D eigenvalue weighted by atomic mass is 16.5. The number of hydrogen-bond acceptors (Lipinski definition) is 2. The van der Waals surface area contributed by atoms with E-state index in [-0.39, 0.29) is 6.10 Å². The van der Waals surface area contributed by atoms with Crippen molar-refractivity contribution in [1.29, 1.82) is 0 Å². The maximum absolute atomic E-state index is 5.79. The average Bonchev–Trinajstić information content (AvgIpc) is 2.44. The Morgan fingerprint density at radius 3 is 2.63 bits per heavy atom. The molecule has 0 aliphatic heterocycles. The van der Waals surface area contributed by atoms with Gasteiger partial charge in [-0.25, -0.2) is 0 Å². The van der Waals surface area contributed by atoms with Gasteiger partial charge in [0.2, 0.25) is 0 Å². The van der Waals surface area contributed by atoms with Crippen LogP contribution < -0.4 is 15.4 Å². The molecule has 1 atom stereocenters. The van der Waals surface area contributed by atoms with Crippen LogP contribution in [0.25, 0.3) is 0 Å². The van der Waals surface area contributed by atoms with Crippen molar-refractivity contribution < 1.29 is 4.74 Å². The molecule has 2 N–H and O–H groups in total. The minimum Gasteiger partial charge on any atom is -0.489 e. The van der Waals surface area contributed by atoms with Crippen molar-refractivity contribution in [2.75, 3.05) is 20.1 Å². The summed E-state index contributed by atoms with van der Waals surface area (Å²) in [6.07, 6.45) is 2.42. The van der Waals surface area contributed by atoms with Gasteiger partial charge in [-0.1, -0.05) is 31.5 Å². The fourth-order valence-electron chi connectivity index (χ4n) is 1.62. The van der Waals surface area contributed by atoms with Crippen LogP contribution in [0.5, 0.6) is 5.75 Å². The number of para-hydroxylation sites is 1.